The van der Waals surface area contributed by atoms with Crippen LogP contribution in [0.15, 0.2) is 0 Å². The Morgan fingerprint density at radius 2 is 2.38 bits per heavy atom. The second-order valence-corrected chi connectivity index (χ2v) is 2.02. The molecule has 48 valence electrons. The molecule has 1 atom stereocenters. The van der Waals surface area contributed by atoms with Crippen molar-refractivity contribution in [2.75, 3.05) is 6.54 Å². The quantitative estimate of drug-likeness (QED) is 0.520. The molecule has 1 aliphatic heterocycles. The van der Waals surface area contributed by atoms with E-state index in [4.69, 9.17) is 0 Å². The predicted molar refractivity (Wildman–Crippen MR) is 34.3 cm³/mol. The molecule has 2 nitrogen and oxygen atoms in total. The SMILES string of the molecule is C[C@@H]1CC(=O)CN1.Cl. The van der Waals surface area contributed by atoms with Gasteiger partial charge in [-0.1, -0.05) is 0 Å². The van der Waals surface area contributed by atoms with Crippen molar-refractivity contribution in [1.82, 2.24) is 5.32 Å². The van der Waals surface area contributed by atoms with Crippen LogP contribution in [0.5, 0.6) is 0 Å². The summed E-state index contributed by atoms with van der Waals surface area (Å²) >= 11 is 0. The highest BCUT2D eigenvalue weighted by Crippen LogP contribution is 1.97. The molecule has 1 heterocycles. The Morgan fingerprint density at radius 3 is 2.50 bits per heavy atom. The second kappa shape index (κ2) is 3.05. The summed E-state index contributed by atoms with van der Waals surface area (Å²) in [5.41, 5.74) is 0. The van der Waals surface area contributed by atoms with Crippen molar-refractivity contribution in [3.05, 3.63) is 0 Å². The molecule has 1 N–H and O–H groups in total. The van der Waals surface area contributed by atoms with E-state index in [9.17, 15) is 4.79 Å². The zero-order valence-electron chi connectivity index (χ0n) is 4.81. The van der Waals surface area contributed by atoms with Gasteiger partial charge in [-0.15, -0.1) is 12.4 Å². The maximum Gasteiger partial charge on any atom is 0.148 e. The van der Waals surface area contributed by atoms with E-state index < -0.39 is 0 Å². The van der Waals surface area contributed by atoms with Gasteiger partial charge in [0.1, 0.15) is 5.78 Å². The van der Waals surface area contributed by atoms with Crippen LogP contribution < -0.4 is 5.32 Å². The first kappa shape index (κ1) is 7.92. The Hall–Kier alpha value is -0.0800. The number of hydrogen-bond donors (Lipinski definition) is 1. The van der Waals surface area contributed by atoms with Crippen molar-refractivity contribution in [3.8, 4) is 0 Å². The van der Waals surface area contributed by atoms with Gasteiger partial charge in [-0.05, 0) is 6.92 Å². The van der Waals surface area contributed by atoms with Crippen LogP contribution in [0.1, 0.15) is 13.3 Å². The van der Waals surface area contributed by atoms with Crippen molar-refractivity contribution < 1.29 is 4.79 Å². The fourth-order valence-corrected chi connectivity index (χ4v) is 0.774. The molecule has 0 aliphatic carbocycles. The van der Waals surface area contributed by atoms with E-state index in [0.29, 0.717) is 18.4 Å². The molecule has 1 rings (SSSR count). The van der Waals surface area contributed by atoms with Gasteiger partial charge in [-0.25, -0.2) is 0 Å². The average Bonchev–Trinajstić information content (AvgIpc) is 1.87. The molecule has 0 saturated carbocycles. The number of halogens is 1. The standard InChI is InChI=1S/C5H9NO.ClH/c1-4-2-5(7)3-6-4;/h4,6H,2-3H2,1H3;1H/t4-;/m1./s1. The zero-order chi connectivity index (χ0) is 5.28. The first-order valence-electron chi connectivity index (χ1n) is 2.54. The normalized spacial score (nSPS) is 27.6. The third-order valence-corrected chi connectivity index (χ3v) is 1.18. The molecule has 1 aliphatic rings. The summed E-state index contributed by atoms with van der Waals surface area (Å²) in [6.45, 7) is 2.60. The lowest BCUT2D eigenvalue weighted by atomic mass is 10.2. The van der Waals surface area contributed by atoms with Gasteiger partial charge >= 0.3 is 0 Å². The molecule has 0 spiro atoms. The summed E-state index contributed by atoms with van der Waals surface area (Å²) in [5.74, 6) is 0.340. The Labute approximate surface area is 55.1 Å². The van der Waals surface area contributed by atoms with Crippen LogP contribution in [0.2, 0.25) is 0 Å². The van der Waals surface area contributed by atoms with Gasteiger partial charge in [-0.2, -0.15) is 0 Å². The molecule has 0 unspecified atom stereocenters. The van der Waals surface area contributed by atoms with E-state index in [0.717, 1.165) is 6.42 Å². The number of hydrogen-bond acceptors (Lipinski definition) is 2. The van der Waals surface area contributed by atoms with Crippen LogP contribution >= 0.6 is 12.4 Å². The van der Waals surface area contributed by atoms with E-state index in [1.807, 2.05) is 6.92 Å². The molecule has 0 aromatic heterocycles. The Bertz CT molecular complexity index is 94.4. The number of carbonyl (C=O) groups is 1. The monoisotopic (exact) mass is 135 g/mol. The molecule has 0 aromatic carbocycles. The van der Waals surface area contributed by atoms with Gasteiger partial charge in [0.2, 0.25) is 0 Å². The smallest absolute Gasteiger partial charge is 0.148 e. The maximum absolute atomic E-state index is 10.4. The summed E-state index contributed by atoms with van der Waals surface area (Å²) < 4.78 is 0. The average molecular weight is 136 g/mol. The topological polar surface area (TPSA) is 29.1 Å². The molecular weight excluding hydrogens is 126 g/mol. The molecule has 3 heteroatoms. The van der Waals surface area contributed by atoms with Gasteiger partial charge in [-0.3, -0.25) is 4.79 Å². The first-order valence-corrected chi connectivity index (χ1v) is 2.54. The Morgan fingerprint density at radius 1 is 1.75 bits per heavy atom. The number of carbonyl (C=O) groups excluding carboxylic acids is 1. The Kier molecular flexibility index (Phi) is 3.02. The predicted octanol–water partition coefficient (Wildman–Crippen LogP) is 0.359. The molecule has 0 aromatic rings. The van der Waals surface area contributed by atoms with Gasteiger partial charge in [0.15, 0.2) is 0 Å². The third-order valence-electron chi connectivity index (χ3n) is 1.18. The maximum atomic E-state index is 10.4. The minimum Gasteiger partial charge on any atom is -0.307 e. The highest BCUT2D eigenvalue weighted by atomic mass is 35.5. The summed E-state index contributed by atoms with van der Waals surface area (Å²) in [5, 5.41) is 3.02. The lowest BCUT2D eigenvalue weighted by molar-refractivity contribution is -0.116. The van der Waals surface area contributed by atoms with Crippen molar-refractivity contribution in [2.45, 2.75) is 19.4 Å². The summed E-state index contributed by atoms with van der Waals surface area (Å²) in [4.78, 5) is 10.4. The van der Waals surface area contributed by atoms with Crippen molar-refractivity contribution in [2.24, 2.45) is 0 Å². The lowest BCUT2D eigenvalue weighted by Crippen LogP contribution is -2.16. The second-order valence-electron chi connectivity index (χ2n) is 2.02. The fourth-order valence-electron chi connectivity index (χ4n) is 0.774. The van der Waals surface area contributed by atoms with Crippen molar-refractivity contribution >= 4 is 18.2 Å². The van der Waals surface area contributed by atoms with Crippen LogP contribution in [-0.2, 0) is 4.79 Å². The molecule has 1 fully saturated rings. The Balaban J connectivity index is 0.000000490. The zero-order valence-corrected chi connectivity index (χ0v) is 5.62. The molecule has 8 heavy (non-hydrogen) atoms. The van der Waals surface area contributed by atoms with Gasteiger partial charge in [0.25, 0.3) is 0 Å². The molecular formula is C5H10ClNO. The lowest BCUT2D eigenvalue weighted by Gasteiger charge is -1.93. The molecule has 1 saturated heterocycles. The highest BCUT2D eigenvalue weighted by molar-refractivity contribution is 5.85. The number of ketones is 1. The van der Waals surface area contributed by atoms with E-state index in [1.54, 1.807) is 0 Å². The van der Waals surface area contributed by atoms with E-state index in [1.165, 1.54) is 0 Å². The highest BCUT2D eigenvalue weighted by Gasteiger charge is 2.15. The molecule has 0 radical (unpaired) electrons. The van der Waals surface area contributed by atoms with Gasteiger partial charge in [0, 0.05) is 12.5 Å². The fraction of sp³-hybridized carbons (Fsp3) is 0.800. The van der Waals surface area contributed by atoms with Crippen LogP contribution in [0.3, 0.4) is 0 Å². The minimum atomic E-state index is 0. The number of rotatable bonds is 0. The van der Waals surface area contributed by atoms with Crippen molar-refractivity contribution in [1.29, 1.82) is 0 Å². The molecule has 0 bridgehead atoms. The third kappa shape index (κ3) is 1.80. The number of Topliss-reactive ketones (excluding diaryl/α,β-unsaturated/α-hetero) is 1. The van der Waals surface area contributed by atoms with Crippen LogP contribution in [0.4, 0.5) is 0 Å². The van der Waals surface area contributed by atoms with Gasteiger partial charge in [0.05, 0.1) is 6.54 Å². The number of nitrogens with one attached hydrogen (secondary N) is 1. The summed E-state index contributed by atoms with van der Waals surface area (Å²) in [7, 11) is 0. The van der Waals surface area contributed by atoms with Crippen LogP contribution in [0.25, 0.3) is 0 Å². The van der Waals surface area contributed by atoms with Gasteiger partial charge < -0.3 is 5.32 Å². The molecule has 0 amide bonds. The minimum absolute atomic E-state index is 0. The van der Waals surface area contributed by atoms with Crippen LogP contribution in [0, 0.1) is 0 Å². The summed E-state index contributed by atoms with van der Waals surface area (Å²) in [6.07, 6.45) is 0.722. The largest absolute Gasteiger partial charge is 0.307 e. The van der Waals surface area contributed by atoms with E-state index in [2.05, 4.69) is 5.32 Å². The summed E-state index contributed by atoms with van der Waals surface area (Å²) in [6, 6.07) is 0.424. The first-order chi connectivity index (χ1) is 3.29. The van der Waals surface area contributed by atoms with Crippen LogP contribution in [-0.4, -0.2) is 18.4 Å². The van der Waals surface area contributed by atoms with E-state index in [-0.39, 0.29) is 12.4 Å². The van der Waals surface area contributed by atoms with Crippen molar-refractivity contribution in [3.63, 3.8) is 0 Å². The van der Waals surface area contributed by atoms with E-state index >= 15 is 0 Å².